The Hall–Kier alpha value is -1.71. The van der Waals surface area contributed by atoms with E-state index in [4.69, 9.17) is 4.74 Å². The van der Waals surface area contributed by atoms with Crippen molar-refractivity contribution in [3.05, 3.63) is 23.8 Å². The van der Waals surface area contributed by atoms with E-state index in [0.717, 1.165) is 24.3 Å². The molecular weight excluding hydrogens is 228 g/mol. The summed E-state index contributed by atoms with van der Waals surface area (Å²) in [6, 6.07) is 6.44. The summed E-state index contributed by atoms with van der Waals surface area (Å²) in [4.78, 5) is 13.1. The summed E-state index contributed by atoms with van der Waals surface area (Å²) in [6.45, 7) is 2.24. The van der Waals surface area contributed by atoms with Crippen molar-refractivity contribution in [1.29, 1.82) is 0 Å². The molecule has 0 fully saturated rings. The van der Waals surface area contributed by atoms with Gasteiger partial charge in [-0.05, 0) is 31.4 Å². The number of nitrogens with one attached hydrogen (secondary N) is 1. The number of para-hydroxylation sites is 1. The number of carbonyl (C=O) groups is 1. The first-order valence-corrected chi connectivity index (χ1v) is 6.29. The van der Waals surface area contributed by atoms with Gasteiger partial charge in [-0.2, -0.15) is 0 Å². The minimum Gasteiger partial charge on any atom is -0.482 e. The molecule has 1 aromatic rings. The lowest BCUT2D eigenvalue weighted by Crippen LogP contribution is -2.28. The molecule has 4 nitrogen and oxygen atoms in total. The first kappa shape index (κ1) is 12.7. The molecule has 1 aliphatic heterocycles. The van der Waals surface area contributed by atoms with E-state index in [9.17, 15) is 4.79 Å². The van der Waals surface area contributed by atoms with Crippen molar-refractivity contribution >= 4 is 11.6 Å². The van der Waals surface area contributed by atoms with Crippen LogP contribution in [0.4, 0.5) is 5.69 Å². The summed E-state index contributed by atoms with van der Waals surface area (Å²) >= 11 is 0. The molecule has 0 aliphatic carbocycles. The third-order valence-electron chi connectivity index (χ3n) is 3.20. The van der Waals surface area contributed by atoms with Crippen LogP contribution in [0.5, 0.6) is 5.75 Å². The fourth-order valence-corrected chi connectivity index (χ4v) is 2.03. The standard InChI is InChI=1S/C14H20N2O2/c1-10-7-8-11-5-4-6-12(14(11)15-10)18-9-13(17)16(2)3/h4-6,10,15H,7-9H2,1-3H3. The summed E-state index contributed by atoms with van der Waals surface area (Å²) in [5, 5.41) is 3.43. The number of hydrogen-bond acceptors (Lipinski definition) is 3. The van der Waals surface area contributed by atoms with Crippen molar-refractivity contribution in [2.24, 2.45) is 0 Å². The van der Waals surface area contributed by atoms with Gasteiger partial charge in [-0.15, -0.1) is 0 Å². The molecule has 1 aromatic carbocycles. The number of hydrogen-bond donors (Lipinski definition) is 1. The van der Waals surface area contributed by atoms with Crippen molar-refractivity contribution in [3.63, 3.8) is 0 Å². The molecule has 2 rings (SSSR count). The maximum atomic E-state index is 11.5. The zero-order chi connectivity index (χ0) is 13.1. The van der Waals surface area contributed by atoms with Crippen LogP contribution in [0.2, 0.25) is 0 Å². The van der Waals surface area contributed by atoms with Crippen LogP contribution in [-0.2, 0) is 11.2 Å². The highest BCUT2D eigenvalue weighted by Crippen LogP contribution is 2.33. The van der Waals surface area contributed by atoms with Gasteiger partial charge < -0.3 is 15.0 Å². The second-order valence-corrected chi connectivity index (χ2v) is 4.95. The molecule has 1 unspecified atom stereocenters. The van der Waals surface area contributed by atoms with E-state index >= 15 is 0 Å². The molecule has 4 heteroatoms. The number of amides is 1. The van der Waals surface area contributed by atoms with Crippen LogP contribution in [0.3, 0.4) is 0 Å². The topological polar surface area (TPSA) is 41.6 Å². The number of fused-ring (bicyclic) bond motifs is 1. The highest BCUT2D eigenvalue weighted by molar-refractivity contribution is 5.77. The Bertz CT molecular complexity index is 443. The van der Waals surface area contributed by atoms with Crippen molar-refractivity contribution in [2.45, 2.75) is 25.8 Å². The summed E-state index contributed by atoms with van der Waals surface area (Å²) in [6.07, 6.45) is 2.19. The summed E-state index contributed by atoms with van der Waals surface area (Å²) < 4.78 is 5.62. The van der Waals surface area contributed by atoms with Crippen LogP contribution in [-0.4, -0.2) is 37.6 Å². The van der Waals surface area contributed by atoms with E-state index in [2.05, 4.69) is 18.3 Å². The fourth-order valence-electron chi connectivity index (χ4n) is 2.03. The Morgan fingerprint density at radius 2 is 2.28 bits per heavy atom. The molecule has 1 heterocycles. The summed E-state index contributed by atoms with van der Waals surface area (Å²) in [7, 11) is 3.46. The monoisotopic (exact) mass is 248 g/mol. The van der Waals surface area contributed by atoms with Crippen LogP contribution in [0.1, 0.15) is 18.9 Å². The highest BCUT2D eigenvalue weighted by Gasteiger charge is 2.18. The van der Waals surface area contributed by atoms with Gasteiger partial charge in [0.05, 0.1) is 5.69 Å². The Balaban J connectivity index is 2.11. The van der Waals surface area contributed by atoms with Gasteiger partial charge in [0.2, 0.25) is 0 Å². The average molecular weight is 248 g/mol. The number of rotatable bonds is 3. The van der Waals surface area contributed by atoms with Crippen LogP contribution in [0.25, 0.3) is 0 Å². The largest absolute Gasteiger partial charge is 0.482 e. The van der Waals surface area contributed by atoms with Crippen molar-refractivity contribution in [2.75, 3.05) is 26.0 Å². The molecule has 0 bridgehead atoms. The minimum atomic E-state index is -0.0311. The van der Waals surface area contributed by atoms with E-state index in [-0.39, 0.29) is 12.5 Å². The van der Waals surface area contributed by atoms with Crippen molar-refractivity contribution < 1.29 is 9.53 Å². The number of anilines is 1. The van der Waals surface area contributed by atoms with E-state index in [1.807, 2.05) is 12.1 Å². The molecule has 0 saturated carbocycles. The number of nitrogens with zero attached hydrogens (tertiary/aromatic N) is 1. The van der Waals surface area contributed by atoms with Crippen LogP contribution in [0.15, 0.2) is 18.2 Å². The Morgan fingerprint density at radius 3 is 3.00 bits per heavy atom. The Morgan fingerprint density at radius 1 is 1.50 bits per heavy atom. The maximum Gasteiger partial charge on any atom is 0.259 e. The lowest BCUT2D eigenvalue weighted by atomic mass is 9.98. The van der Waals surface area contributed by atoms with E-state index in [0.29, 0.717) is 6.04 Å². The molecule has 0 aromatic heterocycles. The number of benzene rings is 1. The zero-order valence-corrected chi connectivity index (χ0v) is 11.2. The second kappa shape index (κ2) is 5.29. The summed E-state index contributed by atoms with van der Waals surface area (Å²) in [5.41, 5.74) is 2.31. The third-order valence-corrected chi connectivity index (χ3v) is 3.20. The Labute approximate surface area is 108 Å². The van der Waals surface area contributed by atoms with Gasteiger partial charge in [0.1, 0.15) is 5.75 Å². The van der Waals surface area contributed by atoms with Gasteiger partial charge >= 0.3 is 0 Å². The average Bonchev–Trinajstić information content (AvgIpc) is 2.35. The van der Waals surface area contributed by atoms with Crippen molar-refractivity contribution in [3.8, 4) is 5.75 Å². The first-order valence-electron chi connectivity index (χ1n) is 6.29. The lowest BCUT2D eigenvalue weighted by molar-refractivity contribution is -0.130. The second-order valence-electron chi connectivity index (χ2n) is 4.95. The molecule has 18 heavy (non-hydrogen) atoms. The Kier molecular flexibility index (Phi) is 3.75. The molecule has 0 spiro atoms. The molecular formula is C14H20N2O2. The predicted octanol–water partition coefficient (Wildman–Crippen LogP) is 1.90. The fraction of sp³-hybridized carbons (Fsp3) is 0.500. The molecule has 0 radical (unpaired) electrons. The number of aryl methyl sites for hydroxylation is 1. The van der Waals surface area contributed by atoms with E-state index in [1.165, 1.54) is 10.5 Å². The molecule has 1 amide bonds. The quantitative estimate of drug-likeness (QED) is 0.888. The van der Waals surface area contributed by atoms with Crippen molar-refractivity contribution in [1.82, 2.24) is 4.90 Å². The maximum absolute atomic E-state index is 11.5. The van der Waals surface area contributed by atoms with Gasteiger partial charge in [0.15, 0.2) is 6.61 Å². The van der Waals surface area contributed by atoms with E-state index in [1.54, 1.807) is 14.1 Å². The molecule has 1 atom stereocenters. The van der Waals surface area contributed by atoms with Gasteiger partial charge in [-0.25, -0.2) is 0 Å². The molecule has 1 N–H and O–H groups in total. The van der Waals surface area contributed by atoms with E-state index < -0.39 is 0 Å². The van der Waals surface area contributed by atoms with Gasteiger partial charge in [-0.3, -0.25) is 4.79 Å². The number of carbonyl (C=O) groups excluding carboxylic acids is 1. The highest BCUT2D eigenvalue weighted by atomic mass is 16.5. The van der Waals surface area contributed by atoms with Gasteiger partial charge in [0.25, 0.3) is 5.91 Å². The normalized spacial score (nSPS) is 17.6. The predicted molar refractivity (Wildman–Crippen MR) is 72.0 cm³/mol. The molecule has 0 saturated heterocycles. The van der Waals surface area contributed by atoms with Gasteiger partial charge in [0, 0.05) is 20.1 Å². The molecule has 1 aliphatic rings. The van der Waals surface area contributed by atoms with Crippen LogP contribution < -0.4 is 10.1 Å². The third kappa shape index (κ3) is 2.75. The smallest absolute Gasteiger partial charge is 0.259 e. The number of likely N-dealkylation sites (N-methyl/N-ethyl adjacent to an activating group) is 1. The van der Waals surface area contributed by atoms with Crippen LogP contribution >= 0.6 is 0 Å². The minimum absolute atomic E-state index is 0.0311. The van der Waals surface area contributed by atoms with Crippen LogP contribution in [0, 0.1) is 0 Å². The lowest BCUT2D eigenvalue weighted by Gasteiger charge is -2.26. The zero-order valence-electron chi connectivity index (χ0n) is 11.2. The molecule has 98 valence electrons. The SMILES string of the molecule is CC1CCc2cccc(OCC(=O)N(C)C)c2N1. The first-order chi connectivity index (χ1) is 8.58. The number of ether oxygens (including phenoxy) is 1. The van der Waals surface area contributed by atoms with Gasteiger partial charge in [-0.1, -0.05) is 12.1 Å². The summed E-state index contributed by atoms with van der Waals surface area (Å²) in [5.74, 6) is 0.741.